The summed E-state index contributed by atoms with van der Waals surface area (Å²) < 4.78 is 6.95. The first-order valence-corrected chi connectivity index (χ1v) is 9.35. The maximum Gasteiger partial charge on any atom is 0.186 e. The molecule has 1 aromatic carbocycles. The molecule has 2 heterocycles. The highest BCUT2D eigenvalue weighted by molar-refractivity contribution is 7.80. The number of hydrazone groups is 1. The fourth-order valence-electron chi connectivity index (χ4n) is 2.72. The molecule has 0 atom stereocenters. The van der Waals surface area contributed by atoms with Crippen molar-refractivity contribution < 1.29 is 4.74 Å². The zero-order chi connectivity index (χ0) is 18.9. The predicted octanol–water partition coefficient (Wildman–Crippen LogP) is 0.573. The molecule has 1 aliphatic heterocycles. The summed E-state index contributed by atoms with van der Waals surface area (Å²) in [6.45, 7) is 7.46. The first-order chi connectivity index (χ1) is 13.2. The van der Waals surface area contributed by atoms with Gasteiger partial charge in [0.25, 0.3) is 0 Å². The minimum absolute atomic E-state index is 0.521. The first-order valence-electron chi connectivity index (χ1n) is 8.94. The Balaban J connectivity index is 1.43. The number of hydrogen-bond acceptors (Lipinski definition) is 7. The molecule has 27 heavy (non-hydrogen) atoms. The van der Waals surface area contributed by atoms with Crippen LogP contribution in [0.3, 0.4) is 0 Å². The van der Waals surface area contributed by atoms with Crippen molar-refractivity contribution in [1.82, 2.24) is 35.8 Å². The Morgan fingerprint density at radius 2 is 2.19 bits per heavy atom. The van der Waals surface area contributed by atoms with Crippen molar-refractivity contribution in [2.45, 2.75) is 13.3 Å². The normalized spacial score (nSPS) is 15.5. The van der Waals surface area contributed by atoms with Crippen molar-refractivity contribution in [3.63, 3.8) is 0 Å². The number of ether oxygens (including phenoxy) is 1. The summed E-state index contributed by atoms with van der Waals surface area (Å²) in [5, 5.41) is 19.3. The van der Waals surface area contributed by atoms with Crippen molar-refractivity contribution in [2.24, 2.45) is 5.10 Å². The number of thiocarbonyl (C=S) groups is 1. The number of tetrazole rings is 1. The molecule has 144 valence electrons. The van der Waals surface area contributed by atoms with Crippen molar-refractivity contribution in [3.05, 3.63) is 36.2 Å². The Morgan fingerprint density at radius 1 is 1.33 bits per heavy atom. The third-order valence-corrected chi connectivity index (χ3v) is 4.48. The smallest absolute Gasteiger partial charge is 0.186 e. The van der Waals surface area contributed by atoms with Crippen LogP contribution in [0.2, 0.25) is 0 Å². The topological polar surface area (TPSA) is 92.5 Å². The molecule has 9 nitrogen and oxygen atoms in total. The fraction of sp³-hybridized carbons (Fsp3) is 0.471. The maximum absolute atomic E-state index is 5.35. The number of rotatable bonds is 7. The lowest BCUT2D eigenvalue weighted by Crippen LogP contribution is -2.39. The van der Waals surface area contributed by atoms with Crippen LogP contribution in [-0.4, -0.2) is 75.3 Å². The summed E-state index contributed by atoms with van der Waals surface area (Å²) in [5.41, 5.74) is 5.56. The van der Waals surface area contributed by atoms with E-state index in [1.165, 1.54) is 0 Å². The van der Waals surface area contributed by atoms with E-state index in [4.69, 9.17) is 17.0 Å². The van der Waals surface area contributed by atoms with E-state index < -0.39 is 0 Å². The summed E-state index contributed by atoms with van der Waals surface area (Å²) in [5.74, 6) is 0. The fourth-order valence-corrected chi connectivity index (χ4v) is 2.87. The van der Waals surface area contributed by atoms with Crippen LogP contribution in [0.1, 0.15) is 18.9 Å². The van der Waals surface area contributed by atoms with Gasteiger partial charge in [0, 0.05) is 19.6 Å². The Labute approximate surface area is 163 Å². The van der Waals surface area contributed by atoms with Gasteiger partial charge in [0.2, 0.25) is 0 Å². The Hall–Kier alpha value is -2.43. The Morgan fingerprint density at radius 3 is 2.96 bits per heavy atom. The van der Waals surface area contributed by atoms with Gasteiger partial charge in [-0.3, -0.25) is 10.3 Å². The van der Waals surface area contributed by atoms with E-state index in [2.05, 4.69) is 36.3 Å². The Kier molecular flexibility index (Phi) is 7.19. The maximum atomic E-state index is 5.35. The second kappa shape index (κ2) is 10.0. The van der Waals surface area contributed by atoms with Gasteiger partial charge in [-0.25, -0.2) is 4.68 Å². The predicted molar refractivity (Wildman–Crippen MR) is 107 cm³/mol. The third-order valence-electron chi connectivity index (χ3n) is 4.24. The van der Waals surface area contributed by atoms with E-state index in [0.29, 0.717) is 5.11 Å². The zero-order valence-corrected chi connectivity index (χ0v) is 16.2. The zero-order valence-electron chi connectivity index (χ0n) is 15.3. The van der Waals surface area contributed by atoms with E-state index >= 15 is 0 Å². The molecule has 0 radical (unpaired) electrons. The quantitative estimate of drug-likeness (QED) is 0.308. The van der Waals surface area contributed by atoms with Gasteiger partial charge in [-0.15, -0.1) is 5.10 Å². The molecule has 3 rings (SSSR count). The van der Waals surface area contributed by atoms with Crippen LogP contribution in [0.4, 0.5) is 0 Å². The number of hydrogen-bond donors (Lipinski definition) is 2. The van der Waals surface area contributed by atoms with Crippen LogP contribution in [-0.2, 0) is 4.74 Å². The van der Waals surface area contributed by atoms with Gasteiger partial charge in [0.1, 0.15) is 6.33 Å². The van der Waals surface area contributed by atoms with Crippen molar-refractivity contribution >= 4 is 23.0 Å². The lowest BCUT2D eigenvalue weighted by Gasteiger charge is -2.26. The first kappa shape index (κ1) is 19.3. The number of aromatic nitrogens is 4. The Bertz CT molecular complexity index is 758. The van der Waals surface area contributed by atoms with Gasteiger partial charge in [-0.1, -0.05) is 12.1 Å². The highest BCUT2D eigenvalue weighted by Gasteiger charge is 2.09. The second-order valence-corrected chi connectivity index (χ2v) is 6.59. The molecule has 1 saturated heterocycles. The molecular formula is C17H24N8OS. The van der Waals surface area contributed by atoms with Gasteiger partial charge in [-0.2, -0.15) is 5.10 Å². The molecule has 0 amide bonds. The number of benzene rings is 1. The molecule has 0 bridgehead atoms. The molecule has 2 aromatic rings. The molecule has 1 aromatic heterocycles. The van der Waals surface area contributed by atoms with E-state index in [-0.39, 0.29) is 0 Å². The minimum Gasteiger partial charge on any atom is -0.379 e. The monoisotopic (exact) mass is 388 g/mol. The molecule has 0 unspecified atom stereocenters. The summed E-state index contributed by atoms with van der Waals surface area (Å²) in [7, 11) is 0. The lowest BCUT2D eigenvalue weighted by atomic mass is 10.1. The molecule has 1 aliphatic rings. The summed E-state index contributed by atoms with van der Waals surface area (Å²) in [6, 6.07) is 7.82. The van der Waals surface area contributed by atoms with Gasteiger partial charge in [0.05, 0.1) is 24.6 Å². The largest absolute Gasteiger partial charge is 0.379 e. The molecule has 0 aliphatic carbocycles. The number of nitrogens with one attached hydrogen (secondary N) is 2. The molecule has 10 heteroatoms. The number of morpholine rings is 1. The number of nitrogens with zero attached hydrogens (tertiary/aromatic N) is 6. The third kappa shape index (κ3) is 6.05. The van der Waals surface area contributed by atoms with E-state index in [0.717, 1.165) is 62.8 Å². The average molecular weight is 389 g/mol. The van der Waals surface area contributed by atoms with Crippen molar-refractivity contribution in [1.29, 1.82) is 0 Å². The van der Waals surface area contributed by atoms with Crippen LogP contribution in [0.5, 0.6) is 0 Å². The molecule has 2 N–H and O–H groups in total. The summed E-state index contributed by atoms with van der Waals surface area (Å²) in [4.78, 5) is 2.40. The van der Waals surface area contributed by atoms with Crippen molar-refractivity contribution in [3.8, 4) is 5.69 Å². The molecule has 0 spiro atoms. The van der Waals surface area contributed by atoms with E-state index in [9.17, 15) is 0 Å². The summed E-state index contributed by atoms with van der Waals surface area (Å²) >= 11 is 5.29. The van der Waals surface area contributed by atoms with E-state index in [1.807, 2.05) is 31.2 Å². The SMILES string of the molecule is C/C(=N/NC(=S)NCCCN1CCOCC1)c1cccc(-n2cnnn2)c1. The van der Waals surface area contributed by atoms with Gasteiger partial charge in [-0.05, 0) is 60.2 Å². The second-order valence-electron chi connectivity index (χ2n) is 6.18. The van der Waals surface area contributed by atoms with Gasteiger partial charge >= 0.3 is 0 Å². The van der Waals surface area contributed by atoms with Crippen LogP contribution in [0.25, 0.3) is 5.69 Å². The van der Waals surface area contributed by atoms with Crippen molar-refractivity contribution in [2.75, 3.05) is 39.4 Å². The van der Waals surface area contributed by atoms with Crippen LogP contribution in [0.15, 0.2) is 35.7 Å². The minimum atomic E-state index is 0.521. The standard InChI is InChI=1S/C17H24N8OS/c1-14(15-4-2-5-16(12-15)25-13-19-22-23-25)20-21-17(27)18-6-3-7-24-8-10-26-11-9-24/h2,4-5,12-13H,3,6-11H2,1H3,(H2,18,21,27)/b20-14-. The highest BCUT2D eigenvalue weighted by Crippen LogP contribution is 2.09. The van der Waals surface area contributed by atoms with Crippen LogP contribution >= 0.6 is 12.2 Å². The molecular weight excluding hydrogens is 364 g/mol. The van der Waals surface area contributed by atoms with Crippen LogP contribution < -0.4 is 10.7 Å². The summed E-state index contributed by atoms with van der Waals surface area (Å²) in [6.07, 6.45) is 2.58. The average Bonchev–Trinajstić information content (AvgIpc) is 3.25. The molecule has 0 saturated carbocycles. The molecule has 1 fully saturated rings. The van der Waals surface area contributed by atoms with E-state index in [1.54, 1.807) is 11.0 Å². The van der Waals surface area contributed by atoms with Crippen LogP contribution in [0, 0.1) is 0 Å². The highest BCUT2D eigenvalue weighted by atomic mass is 32.1. The van der Waals surface area contributed by atoms with Gasteiger partial charge < -0.3 is 10.1 Å². The van der Waals surface area contributed by atoms with Gasteiger partial charge in [0.15, 0.2) is 5.11 Å². The lowest BCUT2D eigenvalue weighted by molar-refractivity contribution is 0.0376.